The summed E-state index contributed by atoms with van der Waals surface area (Å²) in [4.78, 5) is 25.1. The number of alkyl halides is 1. The van der Waals surface area contributed by atoms with E-state index < -0.39 is 15.8 Å². The molecule has 1 aromatic heterocycles. The van der Waals surface area contributed by atoms with Crippen LogP contribution in [0.4, 0.5) is 0 Å². The smallest absolute Gasteiger partial charge is 0.337 e. The Bertz CT molecular complexity index is 1600. The number of nitrogens with zero attached hydrogens (tertiary/aromatic N) is 1. The minimum atomic E-state index is -3.85. The second-order valence-electron chi connectivity index (χ2n) is 7.63. The lowest BCUT2D eigenvalue weighted by Gasteiger charge is -2.14. The number of fused-ring (bicyclic) bond motifs is 2. The van der Waals surface area contributed by atoms with Gasteiger partial charge >= 0.3 is 5.97 Å². The molecule has 34 heavy (non-hydrogen) atoms. The summed E-state index contributed by atoms with van der Waals surface area (Å²) in [6.07, 6.45) is 1.58. The van der Waals surface area contributed by atoms with E-state index in [1.165, 1.54) is 13.2 Å². The first-order valence-electron chi connectivity index (χ1n) is 10.6. The van der Waals surface area contributed by atoms with Crippen LogP contribution in [-0.2, 0) is 21.1 Å². The average molecular weight is 587 g/mol. The van der Waals surface area contributed by atoms with Crippen molar-refractivity contribution in [3.8, 4) is 0 Å². The van der Waals surface area contributed by atoms with Crippen LogP contribution in [0.2, 0.25) is 0 Å². The Hall–Kier alpha value is -2.98. The standard InChI is InChI=1S/C26H22INO5S/c1-3-28-23-7-5-4-6-21(23)25(29)22-15-19(12-13-24(22)28)34(31,32)20(16-27)14-17-8-10-18(11-9-17)26(30)33-2/h4-15H,3,16H2,1-2H3/b20-14+. The summed E-state index contributed by atoms with van der Waals surface area (Å²) in [6.45, 7) is 2.63. The van der Waals surface area contributed by atoms with E-state index in [1.54, 1.807) is 54.6 Å². The molecule has 0 spiro atoms. The molecule has 174 valence electrons. The summed E-state index contributed by atoms with van der Waals surface area (Å²) in [6, 6.07) is 18.6. The molecule has 0 aliphatic rings. The van der Waals surface area contributed by atoms with Crippen molar-refractivity contribution in [2.24, 2.45) is 0 Å². The number of sulfone groups is 1. The Kier molecular flexibility index (Phi) is 6.90. The Morgan fingerprint density at radius 3 is 2.32 bits per heavy atom. The van der Waals surface area contributed by atoms with Gasteiger partial charge in [0.25, 0.3) is 0 Å². The van der Waals surface area contributed by atoms with Gasteiger partial charge in [-0.3, -0.25) is 4.79 Å². The lowest BCUT2D eigenvalue weighted by molar-refractivity contribution is 0.0600. The molecule has 0 N–H and O–H groups in total. The molecule has 6 nitrogen and oxygen atoms in total. The first kappa shape index (κ1) is 24.2. The van der Waals surface area contributed by atoms with E-state index in [0.29, 0.717) is 34.0 Å². The van der Waals surface area contributed by atoms with Crippen molar-refractivity contribution in [2.75, 3.05) is 11.5 Å². The third kappa shape index (κ3) is 4.27. The minimum Gasteiger partial charge on any atom is -0.465 e. The fraction of sp³-hybridized carbons (Fsp3) is 0.154. The van der Waals surface area contributed by atoms with Crippen LogP contribution in [-0.4, -0.2) is 30.5 Å². The number of esters is 1. The summed E-state index contributed by atoms with van der Waals surface area (Å²) < 4.78 is 34.0. The number of aryl methyl sites for hydroxylation is 1. The van der Waals surface area contributed by atoms with Gasteiger partial charge < -0.3 is 9.30 Å². The van der Waals surface area contributed by atoms with Crippen LogP contribution in [0.3, 0.4) is 0 Å². The molecule has 0 aliphatic heterocycles. The molecule has 0 saturated carbocycles. The largest absolute Gasteiger partial charge is 0.465 e. The van der Waals surface area contributed by atoms with Gasteiger partial charge in [-0.2, -0.15) is 0 Å². The van der Waals surface area contributed by atoms with Crippen molar-refractivity contribution in [1.29, 1.82) is 0 Å². The maximum atomic E-state index is 13.5. The Balaban J connectivity index is 1.84. The highest BCUT2D eigenvalue weighted by molar-refractivity contribution is 14.1. The number of hydrogen-bond donors (Lipinski definition) is 0. The van der Waals surface area contributed by atoms with Gasteiger partial charge in [0.2, 0.25) is 9.84 Å². The van der Waals surface area contributed by atoms with Crippen molar-refractivity contribution in [2.45, 2.75) is 18.4 Å². The molecule has 1 heterocycles. The molecule has 4 aromatic rings. The van der Waals surface area contributed by atoms with E-state index in [1.807, 2.05) is 46.2 Å². The maximum Gasteiger partial charge on any atom is 0.337 e. The number of aromatic nitrogens is 1. The van der Waals surface area contributed by atoms with Gasteiger partial charge in [-0.05, 0) is 61.0 Å². The number of carbonyl (C=O) groups excluding carboxylic acids is 1. The SMILES string of the molecule is CCn1c2ccccc2c(=O)c2cc(S(=O)(=O)/C(=C/c3ccc(C(=O)OC)cc3)CI)ccc21. The second-order valence-corrected chi connectivity index (χ2v) is 10.4. The van der Waals surface area contributed by atoms with E-state index in [-0.39, 0.29) is 19.7 Å². The molecule has 3 aromatic carbocycles. The van der Waals surface area contributed by atoms with Crippen molar-refractivity contribution in [3.63, 3.8) is 0 Å². The first-order chi connectivity index (χ1) is 16.3. The van der Waals surface area contributed by atoms with Crippen molar-refractivity contribution in [1.82, 2.24) is 4.57 Å². The Morgan fingerprint density at radius 2 is 1.68 bits per heavy atom. The van der Waals surface area contributed by atoms with Gasteiger partial charge in [-0.1, -0.05) is 46.9 Å². The highest BCUT2D eigenvalue weighted by Crippen LogP contribution is 2.27. The highest BCUT2D eigenvalue weighted by atomic mass is 127. The molecule has 0 bridgehead atoms. The average Bonchev–Trinajstić information content (AvgIpc) is 2.87. The molecule has 8 heteroatoms. The van der Waals surface area contributed by atoms with Crippen LogP contribution in [0.15, 0.2) is 81.3 Å². The van der Waals surface area contributed by atoms with Crippen LogP contribution in [0.5, 0.6) is 0 Å². The molecule has 0 radical (unpaired) electrons. The summed E-state index contributed by atoms with van der Waals surface area (Å²) in [5.41, 5.74) is 2.35. The molecular formula is C26H22INO5S. The maximum absolute atomic E-state index is 13.5. The molecule has 0 atom stereocenters. The van der Waals surface area contributed by atoms with E-state index in [9.17, 15) is 18.0 Å². The van der Waals surface area contributed by atoms with Crippen molar-refractivity contribution < 1.29 is 17.9 Å². The highest BCUT2D eigenvalue weighted by Gasteiger charge is 2.22. The normalized spacial score (nSPS) is 12.3. The van der Waals surface area contributed by atoms with E-state index in [4.69, 9.17) is 4.74 Å². The molecule has 0 amide bonds. The van der Waals surface area contributed by atoms with Crippen LogP contribution in [0, 0.1) is 0 Å². The number of rotatable bonds is 6. The first-order valence-corrected chi connectivity index (χ1v) is 13.6. The number of hydrogen-bond acceptors (Lipinski definition) is 5. The molecule has 0 saturated heterocycles. The molecule has 0 unspecified atom stereocenters. The van der Waals surface area contributed by atoms with E-state index in [0.717, 1.165) is 5.52 Å². The number of pyridine rings is 1. The van der Waals surface area contributed by atoms with Gasteiger partial charge in [0.1, 0.15) is 0 Å². The predicted molar refractivity (Wildman–Crippen MR) is 143 cm³/mol. The Morgan fingerprint density at radius 1 is 1.00 bits per heavy atom. The quantitative estimate of drug-likeness (QED) is 0.134. The van der Waals surface area contributed by atoms with Crippen molar-refractivity contribution >= 4 is 66.3 Å². The number of allylic oxidation sites excluding steroid dienone is 1. The fourth-order valence-electron chi connectivity index (χ4n) is 3.97. The summed E-state index contributed by atoms with van der Waals surface area (Å²) in [5.74, 6) is -0.460. The Labute approximate surface area is 210 Å². The van der Waals surface area contributed by atoms with Crippen LogP contribution < -0.4 is 5.43 Å². The van der Waals surface area contributed by atoms with Crippen molar-refractivity contribution in [3.05, 3.63) is 93.0 Å². The van der Waals surface area contributed by atoms with Crippen LogP contribution in [0.1, 0.15) is 22.8 Å². The van der Waals surface area contributed by atoms with Gasteiger partial charge in [-0.25, -0.2) is 13.2 Å². The zero-order valence-electron chi connectivity index (χ0n) is 18.6. The topological polar surface area (TPSA) is 82.4 Å². The monoisotopic (exact) mass is 587 g/mol. The predicted octanol–water partition coefficient (Wildman–Crippen LogP) is 5.21. The third-order valence-electron chi connectivity index (χ3n) is 5.71. The number of para-hydroxylation sites is 1. The van der Waals surface area contributed by atoms with Crippen LogP contribution >= 0.6 is 22.6 Å². The minimum absolute atomic E-state index is 0.0733. The summed E-state index contributed by atoms with van der Waals surface area (Å²) in [7, 11) is -2.54. The van der Waals surface area contributed by atoms with Gasteiger partial charge in [0.05, 0.1) is 33.5 Å². The summed E-state index contributed by atoms with van der Waals surface area (Å²) >= 11 is 2.01. The lowest BCUT2D eigenvalue weighted by atomic mass is 10.1. The number of methoxy groups -OCH3 is 1. The molecular weight excluding hydrogens is 565 g/mol. The molecule has 0 aliphatic carbocycles. The summed E-state index contributed by atoms with van der Waals surface area (Å²) in [5, 5.41) is 0.929. The molecule has 0 fully saturated rings. The number of halogens is 1. The number of ether oxygens (including phenoxy) is 1. The molecule has 4 rings (SSSR count). The van der Waals surface area contributed by atoms with E-state index >= 15 is 0 Å². The van der Waals surface area contributed by atoms with E-state index in [2.05, 4.69) is 0 Å². The van der Waals surface area contributed by atoms with Gasteiger partial charge in [0.15, 0.2) is 5.43 Å². The number of benzene rings is 3. The third-order valence-corrected chi connectivity index (χ3v) is 8.87. The van der Waals surface area contributed by atoms with Crippen LogP contribution in [0.25, 0.3) is 27.9 Å². The lowest BCUT2D eigenvalue weighted by Crippen LogP contribution is -2.12. The number of carbonyl (C=O) groups is 1. The second kappa shape index (κ2) is 9.71. The van der Waals surface area contributed by atoms with Gasteiger partial charge in [-0.15, -0.1) is 0 Å². The van der Waals surface area contributed by atoms with Gasteiger partial charge in [0, 0.05) is 21.7 Å². The zero-order valence-corrected chi connectivity index (χ0v) is 21.6. The zero-order chi connectivity index (χ0) is 24.5. The fourth-order valence-corrected chi connectivity index (χ4v) is 6.68.